The minimum atomic E-state index is -0.276. The van der Waals surface area contributed by atoms with Gasteiger partial charge in [0.15, 0.2) is 0 Å². The van der Waals surface area contributed by atoms with Crippen LogP contribution in [0.25, 0.3) is 0 Å². The smallest absolute Gasteiger partial charge is 0.306 e. The zero-order chi connectivity index (χ0) is 14.7. The van der Waals surface area contributed by atoms with Crippen LogP contribution >= 0.6 is 0 Å². The van der Waals surface area contributed by atoms with Gasteiger partial charge in [-0.2, -0.15) is 0 Å². The van der Waals surface area contributed by atoms with Crippen LogP contribution in [0.15, 0.2) is 12.2 Å². The van der Waals surface area contributed by atoms with Gasteiger partial charge in [-0.1, -0.05) is 32.9 Å². The minimum Gasteiger partial charge on any atom is -0.462 e. The molecular weight excluding hydrogens is 244 g/mol. The third kappa shape index (κ3) is 9.28. The van der Waals surface area contributed by atoms with Gasteiger partial charge in [0.25, 0.3) is 0 Å². The fourth-order valence-corrected chi connectivity index (χ4v) is 1.61. The first-order chi connectivity index (χ1) is 9.01. The van der Waals surface area contributed by atoms with Gasteiger partial charge < -0.3 is 9.47 Å². The molecule has 0 fully saturated rings. The molecule has 0 aromatic rings. The maximum absolute atomic E-state index is 11.6. The van der Waals surface area contributed by atoms with E-state index in [1.54, 1.807) is 6.08 Å². The van der Waals surface area contributed by atoms with Gasteiger partial charge in [-0.15, -0.1) is 0 Å². The van der Waals surface area contributed by atoms with Crippen molar-refractivity contribution in [1.29, 1.82) is 0 Å². The van der Waals surface area contributed by atoms with Gasteiger partial charge in [0, 0.05) is 12.8 Å². The average molecular weight is 270 g/mol. The molecule has 0 spiro atoms. The quantitative estimate of drug-likeness (QED) is 0.476. The molecular formula is C15H26O4. The Hall–Kier alpha value is -1.32. The normalized spacial score (nSPS) is 12.7. The third-order valence-electron chi connectivity index (χ3n) is 2.77. The van der Waals surface area contributed by atoms with E-state index in [1.807, 2.05) is 33.8 Å². The molecule has 1 unspecified atom stereocenters. The van der Waals surface area contributed by atoms with E-state index in [0.717, 1.165) is 6.42 Å². The molecule has 4 heteroatoms. The Morgan fingerprint density at radius 3 is 2.32 bits per heavy atom. The Bertz CT molecular complexity index is 295. The molecule has 110 valence electrons. The summed E-state index contributed by atoms with van der Waals surface area (Å²) in [6, 6.07) is 0. The first-order valence-corrected chi connectivity index (χ1v) is 6.97. The summed E-state index contributed by atoms with van der Waals surface area (Å²) in [5.74, 6) is -0.191. The van der Waals surface area contributed by atoms with Crippen molar-refractivity contribution in [3.63, 3.8) is 0 Å². The zero-order valence-corrected chi connectivity index (χ0v) is 12.5. The molecule has 0 aromatic carbocycles. The van der Waals surface area contributed by atoms with Crippen molar-refractivity contribution in [2.24, 2.45) is 5.92 Å². The second-order valence-corrected chi connectivity index (χ2v) is 4.79. The molecule has 0 bridgehead atoms. The van der Waals surface area contributed by atoms with Gasteiger partial charge in [0.05, 0.1) is 0 Å². The van der Waals surface area contributed by atoms with Crippen LogP contribution in [0.2, 0.25) is 0 Å². The van der Waals surface area contributed by atoms with Crippen LogP contribution in [0.1, 0.15) is 53.4 Å². The van der Waals surface area contributed by atoms with Crippen LogP contribution in [0.3, 0.4) is 0 Å². The van der Waals surface area contributed by atoms with Crippen molar-refractivity contribution < 1.29 is 19.1 Å². The maximum atomic E-state index is 11.6. The van der Waals surface area contributed by atoms with Crippen LogP contribution in [-0.2, 0) is 19.1 Å². The molecule has 0 saturated carbocycles. The lowest BCUT2D eigenvalue weighted by atomic mass is 10.1. The van der Waals surface area contributed by atoms with Crippen LogP contribution in [0.5, 0.6) is 0 Å². The fraction of sp³-hybridized carbons (Fsp3) is 0.733. The average Bonchev–Trinajstić information content (AvgIpc) is 2.36. The SMILES string of the molecule is C/C=C/COC(=O)CCCC(=O)OC(CC)C(C)C. The molecule has 0 radical (unpaired) electrons. The summed E-state index contributed by atoms with van der Waals surface area (Å²) in [5.41, 5.74) is 0. The molecule has 4 nitrogen and oxygen atoms in total. The second-order valence-electron chi connectivity index (χ2n) is 4.79. The van der Waals surface area contributed by atoms with Gasteiger partial charge in [-0.25, -0.2) is 0 Å². The van der Waals surface area contributed by atoms with E-state index in [4.69, 9.17) is 9.47 Å². The van der Waals surface area contributed by atoms with Crippen molar-refractivity contribution in [2.75, 3.05) is 6.61 Å². The molecule has 0 aliphatic heterocycles. The standard InChI is InChI=1S/C15H26O4/c1-5-7-11-18-14(16)9-8-10-15(17)19-13(6-2)12(3)4/h5,7,12-13H,6,8-11H2,1-4H3/b7-5+. The number of rotatable bonds is 9. The molecule has 0 rings (SSSR count). The highest BCUT2D eigenvalue weighted by atomic mass is 16.5. The summed E-state index contributed by atoms with van der Waals surface area (Å²) >= 11 is 0. The van der Waals surface area contributed by atoms with Gasteiger partial charge in [-0.05, 0) is 25.7 Å². The number of carbonyl (C=O) groups is 2. The molecule has 0 aliphatic carbocycles. The number of esters is 2. The Morgan fingerprint density at radius 1 is 1.16 bits per heavy atom. The maximum Gasteiger partial charge on any atom is 0.306 e. The number of allylic oxidation sites excluding steroid dienone is 1. The Labute approximate surface area is 116 Å². The topological polar surface area (TPSA) is 52.6 Å². The molecule has 0 N–H and O–H groups in total. The van der Waals surface area contributed by atoms with E-state index >= 15 is 0 Å². The number of hydrogen-bond donors (Lipinski definition) is 0. The lowest BCUT2D eigenvalue weighted by molar-refractivity contribution is -0.151. The van der Waals surface area contributed by atoms with Gasteiger partial charge in [0.2, 0.25) is 0 Å². The molecule has 0 heterocycles. The highest BCUT2D eigenvalue weighted by molar-refractivity contribution is 5.72. The highest BCUT2D eigenvalue weighted by Gasteiger charge is 2.16. The van der Waals surface area contributed by atoms with Crippen molar-refractivity contribution in [3.05, 3.63) is 12.2 Å². The lowest BCUT2D eigenvalue weighted by Gasteiger charge is -2.19. The summed E-state index contributed by atoms with van der Waals surface area (Å²) in [7, 11) is 0. The molecule has 0 aliphatic rings. The van der Waals surface area contributed by atoms with Crippen LogP contribution in [0.4, 0.5) is 0 Å². The Morgan fingerprint density at radius 2 is 1.79 bits per heavy atom. The lowest BCUT2D eigenvalue weighted by Crippen LogP contribution is -2.22. The monoisotopic (exact) mass is 270 g/mol. The number of ether oxygens (including phenoxy) is 2. The molecule has 0 saturated heterocycles. The molecule has 1 atom stereocenters. The fourth-order valence-electron chi connectivity index (χ4n) is 1.61. The van der Waals surface area contributed by atoms with Crippen LogP contribution < -0.4 is 0 Å². The Kier molecular flexibility index (Phi) is 9.85. The van der Waals surface area contributed by atoms with Crippen LogP contribution in [0, 0.1) is 5.92 Å². The molecule has 0 amide bonds. The van der Waals surface area contributed by atoms with E-state index in [0.29, 0.717) is 18.9 Å². The largest absolute Gasteiger partial charge is 0.462 e. The van der Waals surface area contributed by atoms with E-state index in [1.165, 1.54) is 0 Å². The van der Waals surface area contributed by atoms with E-state index < -0.39 is 0 Å². The third-order valence-corrected chi connectivity index (χ3v) is 2.77. The summed E-state index contributed by atoms with van der Waals surface area (Å²) in [4.78, 5) is 22.9. The second kappa shape index (κ2) is 10.6. The van der Waals surface area contributed by atoms with Gasteiger partial charge >= 0.3 is 11.9 Å². The molecule has 19 heavy (non-hydrogen) atoms. The predicted molar refractivity (Wildman–Crippen MR) is 74.6 cm³/mol. The van der Waals surface area contributed by atoms with Crippen LogP contribution in [-0.4, -0.2) is 24.6 Å². The van der Waals surface area contributed by atoms with Gasteiger partial charge in [0.1, 0.15) is 12.7 Å². The van der Waals surface area contributed by atoms with E-state index in [-0.39, 0.29) is 30.9 Å². The van der Waals surface area contributed by atoms with Crippen molar-refractivity contribution in [2.45, 2.75) is 59.5 Å². The Balaban J connectivity index is 3.76. The number of carbonyl (C=O) groups excluding carboxylic acids is 2. The van der Waals surface area contributed by atoms with Crippen molar-refractivity contribution in [3.8, 4) is 0 Å². The predicted octanol–water partition coefficient (Wildman–Crippen LogP) is 3.25. The van der Waals surface area contributed by atoms with E-state index in [2.05, 4.69) is 0 Å². The molecule has 0 aromatic heterocycles. The van der Waals surface area contributed by atoms with Crippen molar-refractivity contribution >= 4 is 11.9 Å². The van der Waals surface area contributed by atoms with E-state index in [9.17, 15) is 9.59 Å². The minimum absolute atomic E-state index is 0.0332. The first-order valence-electron chi connectivity index (χ1n) is 6.97. The first kappa shape index (κ1) is 17.7. The summed E-state index contributed by atoms with van der Waals surface area (Å²) < 4.78 is 10.3. The zero-order valence-electron chi connectivity index (χ0n) is 12.5. The summed E-state index contributed by atoms with van der Waals surface area (Å²) in [5, 5.41) is 0. The van der Waals surface area contributed by atoms with Crippen molar-refractivity contribution in [1.82, 2.24) is 0 Å². The number of hydrogen-bond acceptors (Lipinski definition) is 4. The summed E-state index contributed by atoms with van der Waals surface area (Å²) in [6.07, 6.45) is 5.36. The van der Waals surface area contributed by atoms with Gasteiger partial charge in [-0.3, -0.25) is 9.59 Å². The summed E-state index contributed by atoms with van der Waals surface area (Å²) in [6.45, 7) is 8.21. The highest BCUT2D eigenvalue weighted by Crippen LogP contribution is 2.12.